The highest BCUT2D eigenvalue weighted by molar-refractivity contribution is 5.92. The van der Waals surface area contributed by atoms with E-state index in [1.165, 1.54) is 5.56 Å². The zero-order chi connectivity index (χ0) is 16.9. The number of rotatable bonds is 4. The summed E-state index contributed by atoms with van der Waals surface area (Å²) in [5.74, 6) is 0.00185. The molecule has 126 valence electrons. The molecule has 0 aliphatic carbocycles. The average molecular weight is 324 g/mol. The monoisotopic (exact) mass is 324 g/mol. The van der Waals surface area contributed by atoms with Gasteiger partial charge in [-0.1, -0.05) is 42.0 Å². The van der Waals surface area contributed by atoms with Crippen LogP contribution in [0.5, 0.6) is 0 Å². The van der Waals surface area contributed by atoms with E-state index in [-0.39, 0.29) is 12.0 Å². The second-order valence-electron chi connectivity index (χ2n) is 6.46. The minimum Gasteiger partial charge on any atom is -0.371 e. The molecule has 0 radical (unpaired) electrons. The van der Waals surface area contributed by atoms with Crippen LogP contribution in [0.4, 0.5) is 5.69 Å². The second kappa shape index (κ2) is 7.60. The smallest absolute Gasteiger partial charge is 0.228 e. The maximum atomic E-state index is 12.2. The number of nitrogens with zero attached hydrogens (tertiary/aromatic N) is 1. The molecule has 1 atom stereocenters. The normalized spacial score (nSPS) is 18.3. The van der Waals surface area contributed by atoms with Gasteiger partial charge in [-0.05, 0) is 37.2 Å². The molecule has 1 amide bonds. The predicted molar refractivity (Wildman–Crippen MR) is 96.1 cm³/mol. The first-order valence-electron chi connectivity index (χ1n) is 8.35. The maximum absolute atomic E-state index is 12.2. The van der Waals surface area contributed by atoms with Crippen molar-refractivity contribution in [1.82, 2.24) is 4.90 Å². The van der Waals surface area contributed by atoms with Crippen molar-refractivity contribution in [3.05, 3.63) is 65.2 Å². The van der Waals surface area contributed by atoms with Crippen molar-refractivity contribution in [2.24, 2.45) is 0 Å². The van der Waals surface area contributed by atoms with E-state index in [4.69, 9.17) is 4.74 Å². The molecule has 0 bridgehead atoms. The van der Waals surface area contributed by atoms with E-state index < -0.39 is 0 Å². The van der Waals surface area contributed by atoms with Crippen molar-refractivity contribution in [3.63, 3.8) is 0 Å². The molecule has 1 aliphatic rings. The number of carbonyl (C=O) groups excluding carboxylic acids is 1. The number of likely N-dealkylation sites (N-methyl/N-ethyl adjacent to an activating group) is 1. The largest absolute Gasteiger partial charge is 0.371 e. The first-order valence-corrected chi connectivity index (χ1v) is 8.35. The van der Waals surface area contributed by atoms with Crippen molar-refractivity contribution in [2.75, 3.05) is 32.1 Å². The van der Waals surface area contributed by atoms with Crippen molar-refractivity contribution in [3.8, 4) is 0 Å². The maximum Gasteiger partial charge on any atom is 0.228 e. The molecule has 1 fully saturated rings. The van der Waals surface area contributed by atoms with Crippen LogP contribution >= 0.6 is 0 Å². The summed E-state index contributed by atoms with van der Waals surface area (Å²) in [5.41, 5.74) is 4.17. The summed E-state index contributed by atoms with van der Waals surface area (Å²) < 4.78 is 5.82. The Kier molecular flexibility index (Phi) is 5.28. The van der Waals surface area contributed by atoms with E-state index in [9.17, 15) is 4.79 Å². The number of amides is 1. The number of benzene rings is 2. The Bertz CT molecular complexity index is 697. The van der Waals surface area contributed by atoms with Crippen LogP contribution in [0.25, 0.3) is 0 Å². The number of anilines is 1. The third-order valence-electron chi connectivity index (χ3n) is 4.28. The number of hydrogen-bond donors (Lipinski definition) is 1. The zero-order valence-corrected chi connectivity index (χ0v) is 14.3. The molecular weight excluding hydrogens is 300 g/mol. The van der Waals surface area contributed by atoms with Crippen LogP contribution in [0.2, 0.25) is 0 Å². The molecule has 3 rings (SSSR count). The first-order chi connectivity index (χ1) is 11.6. The van der Waals surface area contributed by atoms with Gasteiger partial charge in [0.15, 0.2) is 0 Å². The highest BCUT2D eigenvalue weighted by atomic mass is 16.5. The van der Waals surface area contributed by atoms with Gasteiger partial charge in [0.2, 0.25) is 5.91 Å². The van der Waals surface area contributed by atoms with Crippen molar-refractivity contribution in [1.29, 1.82) is 0 Å². The summed E-state index contributed by atoms with van der Waals surface area (Å²) in [6.07, 6.45) is 0.501. The number of aryl methyl sites for hydroxylation is 1. The van der Waals surface area contributed by atoms with Crippen LogP contribution in [0, 0.1) is 6.92 Å². The Balaban J connectivity index is 1.58. The number of morpholine rings is 1. The van der Waals surface area contributed by atoms with Gasteiger partial charge in [0.05, 0.1) is 19.1 Å². The van der Waals surface area contributed by atoms with Gasteiger partial charge < -0.3 is 15.0 Å². The molecule has 1 unspecified atom stereocenters. The fourth-order valence-electron chi connectivity index (χ4n) is 2.97. The van der Waals surface area contributed by atoms with Gasteiger partial charge in [0, 0.05) is 18.8 Å². The van der Waals surface area contributed by atoms with Crippen LogP contribution in [0.15, 0.2) is 48.5 Å². The van der Waals surface area contributed by atoms with Gasteiger partial charge in [0.25, 0.3) is 0 Å². The first kappa shape index (κ1) is 16.7. The van der Waals surface area contributed by atoms with E-state index in [2.05, 4.69) is 17.3 Å². The summed E-state index contributed by atoms with van der Waals surface area (Å²) in [6.45, 7) is 4.67. The lowest BCUT2D eigenvalue weighted by Gasteiger charge is -2.30. The summed E-state index contributed by atoms with van der Waals surface area (Å²) in [7, 11) is 2.11. The minimum atomic E-state index is 0.00185. The van der Waals surface area contributed by atoms with Crippen LogP contribution in [0.3, 0.4) is 0 Å². The third kappa shape index (κ3) is 4.43. The Morgan fingerprint density at radius 3 is 2.75 bits per heavy atom. The van der Waals surface area contributed by atoms with Gasteiger partial charge in [0.1, 0.15) is 0 Å². The van der Waals surface area contributed by atoms with Gasteiger partial charge >= 0.3 is 0 Å². The van der Waals surface area contributed by atoms with Gasteiger partial charge in [-0.3, -0.25) is 4.79 Å². The van der Waals surface area contributed by atoms with Crippen molar-refractivity contribution in [2.45, 2.75) is 19.4 Å². The lowest BCUT2D eigenvalue weighted by Crippen LogP contribution is -2.35. The summed E-state index contributed by atoms with van der Waals surface area (Å²) in [5, 5.41) is 2.96. The van der Waals surface area contributed by atoms with Crippen LogP contribution in [-0.4, -0.2) is 37.6 Å². The fraction of sp³-hybridized carbons (Fsp3) is 0.350. The van der Waals surface area contributed by atoms with E-state index in [0.717, 1.165) is 36.5 Å². The molecule has 2 aromatic rings. The molecule has 4 nitrogen and oxygen atoms in total. The fourth-order valence-corrected chi connectivity index (χ4v) is 2.97. The van der Waals surface area contributed by atoms with Crippen LogP contribution in [-0.2, 0) is 16.0 Å². The minimum absolute atomic E-state index is 0.00185. The number of nitrogens with one attached hydrogen (secondary N) is 1. The van der Waals surface area contributed by atoms with E-state index in [1.807, 2.05) is 55.5 Å². The summed E-state index contributed by atoms with van der Waals surface area (Å²) >= 11 is 0. The lowest BCUT2D eigenvalue weighted by atomic mass is 10.1. The van der Waals surface area contributed by atoms with E-state index in [1.54, 1.807) is 0 Å². The van der Waals surface area contributed by atoms with Gasteiger partial charge in [-0.2, -0.15) is 0 Å². The molecule has 1 saturated heterocycles. The SMILES string of the molecule is Cc1cccc(CC(=O)Nc2ccc(C3CN(C)CCO3)cc2)c1. The quantitative estimate of drug-likeness (QED) is 0.939. The summed E-state index contributed by atoms with van der Waals surface area (Å²) in [4.78, 5) is 14.4. The molecule has 1 aliphatic heterocycles. The summed E-state index contributed by atoms with van der Waals surface area (Å²) in [6, 6.07) is 16.0. The molecular formula is C20H24N2O2. The Morgan fingerprint density at radius 1 is 1.25 bits per heavy atom. The average Bonchev–Trinajstić information content (AvgIpc) is 2.55. The topological polar surface area (TPSA) is 41.6 Å². The standard InChI is InChI=1S/C20H24N2O2/c1-15-4-3-5-16(12-15)13-20(23)21-18-8-6-17(7-9-18)19-14-22(2)10-11-24-19/h3-9,12,19H,10-11,13-14H2,1-2H3,(H,21,23). The van der Waals surface area contributed by atoms with Gasteiger partial charge in [-0.25, -0.2) is 0 Å². The second-order valence-corrected chi connectivity index (χ2v) is 6.46. The number of ether oxygens (including phenoxy) is 1. The molecule has 24 heavy (non-hydrogen) atoms. The highest BCUT2D eigenvalue weighted by Crippen LogP contribution is 2.23. The Labute approximate surface area is 143 Å². The third-order valence-corrected chi connectivity index (χ3v) is 4.28. The predicted octanol–water partition coefficient (Wildman–Crippen LogP) is 3.18. The molecule has 1 heterocycles. The molecule has 4 heteroatoms. The van der Waals surface area contributed by atoms with Crippen LogP contribution < -0.4 is 5.32 Å². The number of hydrogen-bond acceptors (Lipinski definition) is 3. The Hall–Kier alpha value is -2.17. The van der Waals surface area contributed by atoms with E-state index in [0.29, 0.717) is 6.42 Å². The Morgan fingerprint density at radius 2 is 2.04 bits per heavy atom. The molecule has 1 N–H and O–H groups in total. The molecule has 2 aromatic carbocycles. The highest BCUT2D eigenvalue weighted by Gasteiger charge is 2.19. The number of carbonyl (C=O) groups is 1. The van der Waals surface area contributed by atoms with Gasteiger partial charge in [-0.15, -0.1) is 0 Å². The molecule has 0 aromatic heterocycles. The lowest BCUT2D eigenvalue weighted by molar-refractivity contribution is -0.115. The van der Waals surface area contributed by atoms with Crippen LogP contribution in [0.1, 0.15) is 22.8 Å². The van der Waals surface area contributed by atoms with Crippen molar-refractivity contribution >= 4 is 11.6 Å². The van der Waals surface area contributed by atoms with E-state index >= 15 is 0 Å². The zero-order valence-electron chi connectivity index (χ0n) is 14.3. The molecule has 0 saturated carbocycles. The molecule has 0 spiro atoms. The van der Waals surface area contributed by atoms with Crippen molar-refractivity contribution < 1.29 is 9.53 Å².